The van der Waals surface area contributed by atoms with Crippen molar-refractivity contribution in [3.05, 3.63) is 29.6 Å². The Morgan fingerprint density at radius 2 is 2.21 bits per heavy atom. The summed E-state index contributed by atoms with van der Waals surface area (Å²) in [6.07, 6.45) is 3.46. The minimum Gasteiger partial charge on any atom is -0.496 e. The third kappa shape index (κ3) is 3.91. The largest absolute Gasteiger partial charge is 0.496 e. The van der Waals surface area contributed by atoms with E-state index in [0.29, 0.717) is 6.04 Å². The van der Waals surface area contributed by atoms with Gasteiger partial charge in [0.15, 0.2) is 0 Å². The molecular formula is C15H23FN2O. The number of benzene rings is 1. The van der Waals surface area contributed by atoms with Crippen LogP contribution in [-0.4, -0.2) is 26.2 Å². The topological polar surface area (TPSA) is 33.3 Å². The van der Waals surface area contributed by atoms with Crippen LogP contribution >= 0.6 is 0 Å². The van der Waals surface area contributed by atoms with E-state index >= 15 is 0 Å². The lowest BCUT2D eigenvalue weighted by molar-refractivity contribution is 0.382. The lowest BCUT2D eigenvalue weighted by atomic mass is 10.0. The van der Waals surface area contributed by atoms with Gasteiger partial charge in [-0.2, -0.15) is 0 Å². The summed E-state index contributed by atoms with van der Waals surface area (Å²) in [4.78, 5) is 0. The predicted molar refractivity (Wildman–Crippen MR) is 75.0 cm³/mol. The molecule has 4 heteroatoms. The Morgan fingerprint density at radius 3 is 3.00 bits per heavy atom. The molecular weight excluding hydrogens is 243 g/mol. The van der Waals surface area contributed by atoms with Crippen molar-refractivity contribution in [3.8, 4) is 5.75 Å². The molecule has 0 radical (unpaired) electrons. The quantitative estimate of drug-likeness (QED) is 0.879. The van der Waals surface area contributed by atoms with E-state index < -0.39 is 0 Å². The molecule has 2 unspecified atom stereocenters. The van der Waals surface area contributed by atoms with E-state index in [1.54, 1.807) is 19.2 Å². The maximum Gasteiger partial charge on any atom is 0.123 e. The molecule has 0 spiro atoms. The van der Waals surface area contributed by atoms with Crippen LogP contribution in [0, 0.1) is 5.82 Å². The second kappa shape index (κ2) is 6.87. The summed E-state index contributed by atoms with van der Waals surface area (Å²) in [5.41, 5.74) is 0.889. The van der Waals surface area contributed by atoms with Crippen LogP contribution in [-0.2, 0) is 0 Å². The Morgan fingerprint density at radius 1 is 1.37 bits per heavy atom. The average Bonchev–Trinajstić information content (AvgIpc) is 2.67. The van der Waals surface area contributed by atoms with Crippen molar-refractivity contribution >= 4 is 0 Å². The Balaban J connectivity index is 2.05. The Hall–Kier alpha value is -1.13. The van der Waals surface area contributed by atoms with Crippen molar-refractivity contribution in [1.82, 2.24) is 10.6 Å². The first kappa shape index (κ1) is 14.3. The van der Waals surface area contributed by atoms with Crippen molar-refractivity contribution in [3.63, 3.8) is 0 Å². The average molecular weight is 266 g/mol. The normalized spacial score (nSPS) is 21.7. The SMILES string of the molecule is COc1ccc(F)cc1C(C)NC1CCCNCC1. The summed E-state index contributed by atoms with van der Waals surface area (Å²) < 4.78 is 18.7. The lowest BCUT2D eigenvalue weighted by Gasteiger charge is -2.23. The van der Waals surface area contributed by atoms with Crippen molar-refractivity contribution in [2.24, 2.45) is 0 Å². The minimum atomic E-state index is -0.216. The first-order valence-electron chi connectivity index (χ1n) is 7.01. The highest BCUT2D eigenvalue weighted by molar-refractivity contribution is 5.36. The van der Waals surface area contributed by atoms with Gasteiger partial charge in [-0.15, -0.1) is 0 Å². The van der Waals surface area contributed by atoms with Gasteiger partial charge in [-0.05, 0) is 57.5 Å². The molecule has 0 aromatic heterocycles. The van der Waals surface area contributed by atoms with Gasteiger partial charge in [-0.3, -0.25) is 0 Å². The van der Waals surface area contributed by atoms with E-state index in [1.165, 1.54) is 12.5 Å². The van der Waals surface area contributed by atoms with Crippen LogP contribution < -0.4 is 15.4 Å². The molecule has 1 aromatic rings. The molecule has 1 aromatic carbocycles. The molecule has 1 aliphatic heterocycles. The van der Waals surface area contributed by atoms with Crippen molar-refractivity contribution in [1.29, 1.82) is 0 Å². The lowest BCUT2D eigenvalue weighted by Crippen LogP contribution is -2.32. The molecule has 106 valence electrons. The molecule has 1 heterocycles. The summed E-state index contributed by atoms with van der Waals surface area (Å²) in [6.45, 7) is 4.20. The number of methoxy groups -OCH3 is 1. The molecule has 1 aliphatic rings. The summed E-state index contributed by atoms with van der Waals surface area (Å²) >= 11 is 0. The molecule has 0 bridgehead atoms. The van der Waals surface area contributed by atoms with E-state index in [-0.39, 0.29) is 11.9 Å². The zero-order valence-corrected chi connectivity index (χ0v) is 11.7. The van der Waals surface area contributed by atoms with E-state index in [4.69, 9.17) is 4.74 Å². The van der Waals surface area contributed by atoms with Crippen LogP contribution in [0.1, 0.15) is 37.8 Å². The van der Waals surface area contributed by atoms with Crippen LogP contribution in [0.4, 0.5) is 4.39 Å². The minimum absolute atomic E-state index is 0.0914. The molecule has 2 N–H and O–H groups in total. The maximum absolute atomic E-state index is 13.4. The summed E-state index contributed by atoms with van der Waals surface area (Å²) in [7, 11) is 1.62. The summed E-state index contributed by atoms with van der Waals surface area (Å²) in [5, 5.41) is 6.99. The standard InChI is InChI=1S/C15H23FN2O/c1-11(18-13-4-3-8-17-9-7-13)14-10-12(16)5-6-15(14)19-2/h5-6,10-11,13,17-18H,3-4,7-9H2,1-2H3. The van der Waals surface area contributed by atoms with Gasteiger partial charge in [-0.1, -0.05) is 0 Å². The highest BCUT2D eigenvalue weighted by atomic mass is 19.1. The van der Waals surface area contributed by atoms with Crippen LogP contribution in [0.15, 0.2) is 18.2 Å². The van der Waals surface area contributed by atoms with Gasteiger partial charge < -0.3 is 15.4 Å². The zero-order chi connectivity index (χ0) is 13.7. The van der Waals surface area contributed by atoms with Crippen LogP contribution in [0.3, 0.4) is 0 Å². The molecule has 2 rings (SSSR count). The molecule has 1 saturated heterocycles. The summed E-state index contributed by atoms with van der Waals surface area (Å²) in [5.74, 6) is 0.528. The predicted octanol–water partition coefficient (Wildman–Crippen LogP) is 2.63. The molecule has 3 nitrogen and oxygen atoms in total. The second-order valence-electron chi connectivity index (χ2n) is 5.15. The maximum atomic E-state index is 13.4. The van der Waals surface area contributed by atoms with E-state index in [1.807, 2.05) is 0 Å². The molecule has 2 atom stereocenters. The van der Waals surface area contributed by atoms with Crippen LogP contribution in [0.5, 0.6) is 5.75 Å². The zero-order valence-electron chi connectivity index (χ0n) is 11.7. The Labute approximate surface area is 114 Å². The highest BCUT2D eigenvalue weighted by Gasteiger charge is 2.18. The fraction of sp³-hybridized carbons (Fsp3) is 0.600. The smallest absolute Gasteiger partial charge is 0.123 e. The Bertz CT molecular complexity index is 403. The molecule has 0 aliphatic carbocycles. The number of hydrogen-bond donors (Lipinski definition) is 2. The second-order valence-corrected chi connectivity index (χ2v) is 5.15. The third-order valence-electron chi connectivity index (χ3n) is 3.72. The monoisotopic (exact) mass is 266 g/mol. The van der Waals surface area contributed by atoms with Gasteiger partial charge >= 0.3 is 0 Å². The number of ether oxygens (including phenoxy) is 1. The summed E-state index contributed by atoms with van der Waals surface area (Å²) in [6, 6.07) is 5.26. The third-order valence-corrected chi connectivity index (χ3v) is 3.72. The molecule has 1 fully saturated rings. The highest BCUT2D eigenvalue weighted by Crippen LogP contribution is 2.26. The van der Waals surface area contributed by atoms with Crippen LogP contribution in [0.25, 0.3) is 0 Å². The van der Waals surface area contributed by atoms with Gasteiger partial charge in [0, 0.05) is 17.6 Å². The first-order valence-corrected chi connectivity index (χ1v) is 7.01. The number of rotatable bonds is 4. The number of nitrogens with one attached hydrogen (secondary N) is 2. The number of hydrogen-bond acceptors (Lipinski definition) is 3. The molecule has 19 heavy (non-hydrogen) atoms. The van der Waals surface area contributed by atoms with Gasteiger partial charge in [0.1, 0.15) is 11.6 Å². The van der Waals surface area contributed by atoms with Crippen molar-refractivity contribution < 1.29 is 9.13 Å². The first-order chi connectivity index (χ1) is 9.20. The molecule has 0 amide bonds. The van der Waals surface area contributed by atoms with Crippen molar-refractivity contribution in [2.45, 2.75) is 38.3 Å². The van der Waals surface area contributed by atoms with Gasteiger partial charge in [0.05, 0.1) is 7.11 Å². The van der Waals surface area contributed by atoms with Gasteiger partial charge in [-0.25, -0.2) is 4.39 Å². The van der Waals surface area contributed by atoms with E-state index in [0.717, 1.165) is 37.2 Å². The van der Waals surface area contributed by atoms with Crippen molar-refractivity contribution in [2.75, 3.05) is 20.2 Å². The molecule has 0 saturated carbocycles. The van der Waals surface area contributed by atoms with E-state index in [9.17, 15) is 4.39 Å². The Kier molecular flexibility index (Phi) is 5.16. The fourth-order valence-corrected chi connectivity index (χ4v) is 2.67. The fourth-order valence-electron chi connectivity index (χ4n) is 2.67. The number of halogens is 1. The van der Waals surface area contributed by atoms with E-state index in [2.05, 4.69) is 17.6 Å². The van der Waals surface area contributed by atoms with Crippen LogP contribution in [0.2, 0.25) is 0 Å². The van der Waals surface area contributed by atoms with Gasteiger partial charge in [0.25, 0.3) is 0 Å². The van der Waals surface area contributed by atoms with Gasteiger partial charge in [0.2, 0.25) is 0 Å².